The maximum absolute atomic E-state index is 6.45. The molecule has 2 aromatic carbocycles. The molecular weight excluding hydrogens is 278 g/mol. The summed E-state index contributed by atoms with van der Waals surface area (Å²) in [5.74, 6) is 0. The number of aryl methyl sites for hydroxylation is 3. The summed E-state index contributed by atoms with van der Waals surface area (Å²) in [4.78, 5) is 0. The molecule has 2 heteroatoms. The molecule has 0 spiro atoms. The van der Waals surface area contributed by atoms with Crippen molar-refractivity contribution in [1.82, 2.24) is 5.32 Å². The second-order valence-corrected chi connectivity index (χ2v) is 6.50. The third-order valence-corrected chi connectivity index (χ3v) is 4.26. The van der Waals surface area contributed by atoms with Crippen LogP contribution in [0.3, 0.4) is 0 Å². The normalized spacial score (nSPS) is 11.2. The van der Waals surface area contributed by atoms with Gasteiger partial charge in [0.15, 0.2) is 0 Å². The fourth-order valence-corrected chi connectivity index (χ4v) is 2.69. The molecule has 112 valence electrons. The average molecular weight is 302 g/mol. The van der Waals surface area contributed by atoms with Crippen LogP contribution in [-0.2, 0) is 6.54 Å². The summed E-state index contributed by atoms with van der Waals surface area (Å²) in [5.41, 5.74) is 7.55. The number of nitrogens with one attached hydrogen (secondary N) is 1. The summed E-state index contributed by atoms with van der Waals surface area (Å²) in [6.07, 6.45) is 0. The highest BCUT2D eigenvalue weighted by Crippen LogP contribution is 2.30. The molecule has 0 radical (unpaired) electrons. The van der Waals surface area contributed by atoms with Crippen molar-refractivity contribution in [3.8, 4) is 11.1 Å². The molecule has 0 aromatic heterocycles. The summed E-state index contributed by atoms with van der Waals surface area (Å²) in [7, 11) is 0. The molecular formula is C19H24ClN. The fraction of sp³-hybridized carbons (Fsp3) is 0.368. The van der Waals surface area contributed by atoms with Crippen LogP contribution in [0.1, 0.15) is 36.1 Å². The largest absolute Gasteiger partial charge is 0.310 e. The van der Waals surface area contributed by atoms with Crippen molar-refractivity contribution in [2.75, 3.05) is 0 Å². The first-order valence-electron chi connectivity index (χ1n) is 7.48. The third kappa shape index (κ3) is 3.87. The van der Waals surface area contributed by atoms with Crippen molar-refractivity contribution in [3.63, 3.8) is 0 Å². The highest BCUT2D eigenvalue weighted by Gasteiger charge is 2.08. The number of hydrogen-bond donors (Lipinski definition) is 1. The standard InChI is InChI=1S/C19H24ClN/c1-12(2)21-11-17-7-6-16(10-19(17)20)18-9-14(4)13(3)8-15(18)5/h6-10,12,21H,11H2,1-5H3. The Kier molecular flexibility index (Phi) is 5.08. The second-order valence-electron chi connectivity index (χ2n) is 6.09. The Labute approximate surface area is 133 Å². The predicted molar refractivity (Wildman–Crippen MR) is 93.1 cm³/mol. The van der Waals surface area contributed by atoms with Gasteiger partial charge < -0.3 is 5.32 Å². The van der Waals surface area contributed by atoms with Crippen LogP contribution in [0.2, 0.25) is 5.02 Å². The molecule has 0 aliphatic rings. The highest BCUT2D eigenvalue weighted by atomic mass is 35.5. The van der Waals surface area contributed by atoms with E-state index in [0.29, 0.717) is 6.04 Å². The zero-order valence-corrected chi connectivity index (χ0v) is 14.3. The number of rotatable bonds is 4. The molecule has 0 fully saturated rings. The van der Waals surface area contributed by atoms with Crippen LogP contribution in [0.4, 0.5) is 0 Å². The van der Waals surface area contributed by atoms with E-state index in [9.17, 15) is 0 Å². The second kappa shape index (κ2) is 6.64. The average Bonchev–Trinajstić information content (AvgIpc) is 2.41. The van der Waals surface area contributed by atoms with Gasteiger partial charge in [-0.1, -0.05) is 49.7 Å². The lowest BCUT2D eigenvalue weighted by molar-refractivity contribution is 0.589. The Morgan fingerprint density at radius 3 is 2.24 bits per heavy atom. The maximum Gasteiger partial charge on any atom is 0.0457 e. The van der Waals surface area contributed by atoms with E-state index in [-0.39, 0.29) is 0 Å². The van der Waals surface area contributed by atoms with Gasteiger partial charge in [-0.25, -0.2) is 0 Å². The van der Waals surface area contributed by atoms with Crippen LogP contribution in [0.25, 0.3) is 11.1 Å². The minimum atomic E-state index is 0.461. The van der Waals surface area contributed by atoms with Gasteiger partial charge in [-0.05, 0) is 60.2 Å². The van der Waals surface area contributed by atoms with Gasteiger partial charge in [-0.15, -0.1) is 0 Å². The van der Waals surface area contributed by atoms with Gasteiger partial charge in [0.25, 0.3) is 0 Å². The first-order chi connectivity index (χ1) is 9.88. The number of hydrogen-bond acceptors (Lipinski definition) is 1. The maximum atomic E-state index is 6.45. The summed E-state index contributed by atoms with van der Waals surface area (Å²) in [5, 5.41) is 4.24. The molecule has 1 nitrogen and oxygen atoms in total. The van der Waals surface area contributed by atoms with Crippen LogP contribution in [0.5, 0.6) is 0 Å². The quantitative estimate of drug-likeness (QED) is 0.794. The minimum Gasteiger partial charge on any atom is -0.310 e. The Balaban J connectivity index is 2.34. The summed E-state index contributed by atoms with van der Waals surface area (Å²) in [6.45, 7) is 11.6. The van der Waals surface area contributed by atoms with E-state index in [2.05, 4.69) is 70.3 Å². The minimum absolute atomic E-state index is 0.461. The van der Waals surface area contributed by atoms with Crippen LogP contribution in [0.15, 0.2) is 30.3 Å². The van der Waals surface area contributed by atoms with E-state index >= 15 is 0 Å². The number of benzene rings is 2. The molecule has 0 unspecified atom stereocenters. The summed E-state index contributed by atoms with van der Waals surface area (Å²) in [6, 6.07) is 11.3. The lowest BCUT2D eigenvalue weighted by Gasteiger charge is -2.13. The monoisotopic (exact) mass is 301 g/mol. The van der Waals surface area contributed by atoms with E-state index in [1.807, 2.05) is 0 Å². The lowest BCUT2D eigenvalue weighted by atomic mass is 9.95. The summed E-state index contributed by atoms with van der Waals surface area (Å²) >= 11 is 6.45. The van der Waals surface area contributed by atoms with Gasteiger partial charge in [-0.2, -0.15) is 0 Å². The first-order valence-corrected chi connectivity index (χ1v) is 7.86. The van der Waals surface area contributed by atoms with Crippen LogP contribution >= 0.6 is 11.6 Å². The van der Waals surface area contributed by atoms with Crippen molar-refractivity contribution in [1.29, 1.82) is 0 Å². The molecule has 0 aliphatic carbocycles. The van der Waals surface area contributed by atoms with E-state index in [1.165, 1.54) is 27.8 Å². The molecule has 0 amide bonds. The van der Waals surface area contributed by atoms with Crippen molar-refractivity contribution in [2.24, 2.45) is 0 Å². The Bertz CT molecular complexity index is 644. The van der Waals surface area contributed by atoms with Crippen molar-refractivity contribution in [2.45, 2.75) is 47.2 Å². The Morgan fingerprint density at radius 2 is 1.62 bits per heavy atom. The highest BCUT2D eigenvalue weighted by molar-refractivity contribution is 6.31. The van der Waals surface area contributed by atoms with Crippen molar-refractivity contribution in [3.05, 3.63) is 57.6 Å². The molecule has 1 N–H and O–H groups in total. The third-order valence-electron chi connectivity index (χ3n) is 3.91. The van der Waals surface area contributed by atoms with Crippen LogP contribution in [0, 0.1) is 20.8 Å². The van der Waals surface area contributed by atoms with Gasteiger partial charge in [0.2, 0.25) is 0 Å². The molecule has 0 atom stereocenters. The van der Waals surface area contributed by atoms with Gasteiger partial charge in [-0.3, -0.25) is 0 Å². The van der Waals surface area contributed by atoms with Gasteiger partial charge >= 0.3 is 0 Å². The molecule has 2 rings (SSSR count). The van der Waals surface area contributed by atoms with E-state index in [4.69, 9.17) is 11.6 Å². The number of halogens is 1. The Morgan fingerprint density at radius 1 is 0.952 bits per heavy atom. The molecule has 2 aromatic rings. The van der Waals surface area contributed by atoms with E-state index < -0.39 is 0 Å². The van der Waals surface area contributed by atoms with E-state index in [0.717, 1.165) is 17.1 Å². The molecule has 0 aliphatic heterocycles. The summed E-state index contributed by atoms with van der Waals surface area (Å²) < 4.78 is 0. The zero-order valence-electron chi connectivity index (χ0n) is 13.5. The SMILES string of the molecule is Cc1cc(C)c(-c2ccc(CNC(C)C)c(Cl)c2)cc1C. The molecule has 0 heterocycles. The molecule has 0 saturated carbocycles. The van der Waals surface area contributed by atoms with E-state index in [1.54, 1.807) is 0 Å². The van der Waals surface area contributed by atoms with Gasteiger partial charge in [0.05, 0.1) is 0 Å². The van der Waals surface area contributed by atoms with Crippen molar-refractivity contribution < 1.29 is 0 Å². The smallest absolute Gasteiger partial charge is 0.0457 e. The van der Waals surface area contributed by atoms with Crippen LogP contribution in [-0.4, -0.2) is 6.04 Å². The molecule has 0 saturated heterocycles. The van der Waals surface area contributed by atoms with Gasteiger partial charge in [0, 0.05) is 17.6 Å². The zero-order chi connectivity index (χ0) is 15.6. The first kappa shape index (κ1) is 16.1. The van der Waals surface area contributed by atoms with Crippen LogP contribution < -0.4 is 5.32 Å². The lowest BCUT2D eigenvalue weighted by Crippen LogP contribution is -2.21. The fourth-order valence-electron chi connectivity index (χ4n) is 2.44. The Hall–Kier alpha value is -1.31. The van der Waals surface area contributed by atoms with Gasteiger partial charge in [0.1, 0.15) is 0 Å². The topological polar surface area (TPSA) is 12.0 Å². The molecule has 21 heavy (non-hydrogen) atoms. The molecule has 0 bridgehead atoms. The van der Waals surface area contributed by atoms with Crippen molar-refractivity contribution >= 4 is 11.6 Å². The predicted octanol–water partition coefficient (Wildman–Crippen LogP) is 5.43.